The minimum atomic E-state index is -1.22. The van der Waals surface area contributed by atoms with Gasteiger partial charge in [-0.05, 0) is 19.1 Å². The normalized spacial score (nSPS) is 10.2. The summed E-state index contributed by atoms with van der Waals surface area (Å²) in [4.78, 5) is 22.8. The summed E-state index contributed by atoms with van der Waals surface area (Å²) in [5.74, 6) is -1.96. The number of carboxylic acids is 1. The number of nitrogens with zero attached hydrogens (tertiary/aromatic N) is 2. The number of para-hydroxylation sites is 1. The fraction of sp³-hybridized carbons (Fsp3) is 0.154. The Bertz CT molecular complexity index is 604. The molecule has 0 fully saturated rings. The van der Waals surface area contributed by atoms with Crippen LogP contribution in [0.5, 0.6) is 0 Å². The highest BCUT2D eigenvalue weighted by Gasteiger charge is 2.23. The first-order valence-electron chi connectivity index (χ1n) is 5.69. The number of carbonyl (C=O) groups is 2. The van der Waals surface area contributed by atoms with E-state index < -0.39 is 11.9 Å². The van der Waals surface area contributed by atoms with Crippen molar-refractivity contribution in [3.05, 3.63) is 47.8 Å². The Labute approximate surface area is 109 Å². The van der Waals surface area contributed by atoms with E-state index in [4.69, 9.17) is 9.84 Å². The lowest BCUT2D eigenvalue weighted by Gasteiger charge is -2.00. The van der Waals surface area contributed by atoms with Crippen molar-refractivity contribution >= 4 is 11.9 Å². The standard InChI is InChI=1S/C13H12N2O4/c1-2-19-13(18)11-10(12(16)17)8-15(14-11)9-6-4-3-5-7-9/h3-8H,2H2,1H3,(H,16,17). The first kappa shape index (κ1) is 12.8. The molecule has 1 heterocycles. The lowest BCUT2D eigenvalue weighted by molar-refractivity contribution is 0.0507. The number of hydrogen-bond acceptors (Lipinski definition) is 4. The van der Waals surface area contributed by atoms with Crippen LogP contribution in [0.3, 0.4) is 0 Å². The molecule has 0 atom stereocenters. The van der Waals surface area contributed by atoms with Crippen LogP contribution < -0.4 is 0 Å². The van der Waals surface area contributed by atoms with Gasteiger partial charge in [-0.1, -0.05) is 18.2 Å². The number of carboxylic acid groups (broad SMARTS) is 1. The summed E-state index contributed by atoms with van der Waals surface area (Å²) in [6.45, 7) is 1.81. The molecule has 0 aliphatic rings. The molecule has 6 nitrogen and oxygen atoms in total. The van der Waals surface area contributed by atoms with E-state index in [-0.39, 0.29) is 17.9 Å². The average molecular weight is 260 g/mol. The minimum Gasteiger partial charge on any atom is -0.478 e. The Balaban J connectivity index is 2.47. The molecule has 1 aromatic heterocycles. The van der Waals surface area contributed by atoms with E-state index in [9.17, 15) is 9.59 Å². The summed E-state index contributed by atoms with van der Waals surface area (Å²) >= 11 is 0. The second kappa shape index (κ2) is 5.34. The summed E-state index contributed by atoms with van der Waals surface area (Å²) in [6.07, 6.45) is 1.30. The van der Waals surface area contributed by atoms with Gasteiger partial charge in [-0.2, -0.15) is 5.10 Å². The van der Waals surface area contributed by atoms with Crippen LogP contribution in [0.25, 0.3) is 5.69 Å². The van der Waals surface area contributed by atoms with Crippen LogP contribution in [0.2, 0.25) is 0 Å². The van der Waals surface area contributed by atoms with Crippen molar-refractivity contribution in [2.24, 2.45) is 0 Å². The second-order valence-corrected chi connectivity index (χ2v) is 3.70. The smallest absolute Gasteiger partial charge is 0.359 e. The fourth-order valence-electron chi connectivity index (χ4n) is 1.59. The van der Waals surface area contributed by atoms with E-state index in [1.165, 1.54) is 10.9 Å². The van der Waals surface area contributed by atoms with Gasteiger partial charge in [0.15, 0.2) is 5.69 Å². The topological polar surface area (TPSA) is 81.4 Å². The molecular formula is C13H12N2O4. The molecule has 6 heteroatoms. The first-order valence-corrected chi connectivity index (χ1v) is 5.69. The molecule has 0 amide bonds. The summed E-state index contributed by atoms with van der Waals surface area (Å²) in [6, 6.07) is 8.93. The van der Waals surface area contributed by atoms with Crippen LogP contribution in [-0.4, -0.2) is 33.4 Å². The largest absolute Gasteiger partial charge is 0.478 e. The van der Waals surface area contributed by atoms with Gasteiger partial charge >= 0.3 is 11.9 Å². The zero-order valence-electron chi connectivity index (χ0n) is 10.2. The van der Waals surface area contributed by atoms with Gasteiger partial charge in [0, 0.05) is 6.20 Å². The van der Waals surface area contributed by atoms with Gasteiger partial charge in [0.2, 0.25) is 0 Å². The van der Waals surface area contributed by atoms with Crippen LogP contribution in [0.1, 0.15) is 27.8 Å². The van der Waals surface area contributed by atoms with Crippen molar-refractivity contribution in [1.29, 1.82) is 0 Å². The van der Waals surface area contributed by atoms with E-state index in [0.29, 0.717) is 5.69 Å². The Kier molecular flexibility index (Phi) is 3.61. The molecule has 2 aromatic rings. The van der Waals surface area contributed by atoms with Gasteiger partial charge in [-0.25, -0.2) is 14.3 Å². The molecule has 1 aromatic carbocycles. The van der Waals surface area contributed by atoms with Crippen molar-refractivity contribution in [2.75, 3.05) is 6.61 Å². The number of carbonyl (C=O) groups excluding carboxylic acids is 1. The predicted octanol–water partition coefficient (Wildman–Crippen LogP) is 1.75. The third-order valence-electron chi connectivity index (χ3n) is 2.43. The van der Waals surface area contributed by atoms with Crippen molar-refractivity contribution in [2.45, 2.75) is 6.92 Å². The Morgan fingerprint density at radius 1 is 1.32 bits per heavy atom. The average Bonchev–Trinajstić information content (AvgIpc) is 2.85. The summed E-state index contributed by atoms with van der Waals surface area (Å²) in [5.41, 5.74) is 0.293. The maximum absolute atomic E-state index is 11.7. The molecule has 0 spiro atoms. The number of hydrogen-bond donors (Lipinski definition) is 1. The van der Waals surface area contributed by atoms with Gasteiger partial charge in [-0.15, -0.1) is 0 Å². The van der Waals surface area contributed by atoms with Crippen LogP contribution >= 0.6 is 0 Å². The summed E-state index contributed by atoms with van der Waals surface area (Å²) in [5, 5.41) is 13.1. The number of aromatic carboxylic acids is 1. The highest BCUT2D eigenvalue weighted by Crippen LogP contribution is 2.13. The molecular weight excluding hydrogens is 248 g/mol. The molecule has 0 radical (unpaired) electrons. The van der Waals surface area contributed by atoms with E-state index in [1.54, 1.807) is 31.2 Å². The molecule has 0 saturated heterocycles. The van der Waals surface area contributed by atoms with Crippen molar-refractivity contribution in [3.63, 3.8) is 0 Å². The molecule has 0 aliphatic heterocycles. The van der Waals surface area contributed by atoms with Crippen molar-refractivity contribution < 1.29 is 19.4 Å². The highest BCUT2D eigenvalue weighted by molar-refractivity contribution is 6.00. The zero-order chi connectivity index (χ0) is 13.8. The monoisotopic (exact) mass is 260 g/mol. The molecule has 19 heavy (non-hydrogen) atoms. The zero-order valence-corrected chi connectivity index (χ0v) is 10.2. The number of aromatic nitrogens is 2. The van der Waals surface area contributed by atoms with Crippen LogP contribution in [0.15, 0.2) is 36.5 Å². The van der Waals surface area contributed by atoms with Crippen molar-refractivity contribution in [3.8, 4) is 5.69 Å². The SMILES string of the molecule is CCOC(=O)c1nn(-c2ccccc2)cc1C(=O)O. The Morgan fingerprint density at radius 3 is 2.58 bits per heavy atom. The molecule has 0 saturated carbocycles. The lowest BCUT2D eigenvalue weighted by Crippen LogP contribution is -2.11. The molecule has 0 aliphatic carbocycles. The third kappa shape index (κ3) is 2.62. The molecule has 0 unspecified atom stereocenters. The first-order chi connectivity index (χ1) is 9.13. The molecule has 1 N–H and O–H groups in total. The van der Waals surface area contributed by atoms with Gasteiger partial charge in [0.05, 0.1) is 12.3 Å². The second-order valence-electron chi connectivity index (χ2n) is 3.70. The number of rotatable bonds is 4. The fourth-order valence-corrected chi connectivity index (χ4v) is 1.59. The van der Waals surface area contributed by atoms with Crippen molar-refractivity contribution in [1.82, 2.24) is 9.78 Å². The van der Waals surface area contributed by atoms with E-state index in [0.717, 1.165) is 0 Å². The van der Waals surface area contributed by atoms with Crippen LogP contribution in [0, 0.1) is 0 Å². The Morgan fingerprint density at radius 2 is 2.00 bits per heavy atom. The molecule has 98 valence electrons. The molecule has 0 bridgehead atoms. The van der Waals surface area contributed by atoms with Crippen LogP contribution in [0.4, 0.5) is 0 Å². The van der Waals surface area contributed by atoms with Crippen LogP contribution in [-0.2, 0) is 4.74 Å². The van der Waals surface area contributed by atoms with Gasteiger partial charge in [0.1, 0.15) is 5.56 Å². The number of esters is 1. The Hall–Kier alpha value is -2.63. The predicted molar refractivity (Wildman–Crippen MR) is 66.5 cm³/mol. The maximum atomic E-state index is 11.7. The molecule has 2 rings (SSSR count). The van der Waals surface area contributed by atoms with Gasteiger partial charge in [0.25, 0.3) is 0 Å². The summed E-state index contributed by atoms with van der Waals surface area (Å²) in [7, 11) is 0. The summed E-state index contributed by atoms with van der Waals surface area (Å²) < 4.78 is 6.13. The van der Waals surface area contributed by atoms with Gasteiger partial charge in [-0.3, -0.25) is 0 Å². The lowest BCUT2D eigenvalue weighted by atomic mass is 10.2. The van der Waals surface area contributed by atoms with Gasteiger partial charge < -0.3 is 9.84 Å². The van der Waals surface area contributed by atoms with E-state index in [1.807, 2.05) is 6.07 Å². The number of benzene rings is 1. The maximum Gasteiger partial charge on any atom is 0.359 e. The number of ether oxygens (including phenoxy) is 1. The quantitative estimate of drug-likeness (QED) is 0.847. The van der Waals surface area contributed by atoms with E-state index in [2.05, 4.69) is 5.10 Å². The minimum absolute atomic E-state index is 0.163. The third-order valence-corrected chi connectivity index (χ3v) is 2.43. The highest BCUT2D eigenvalue weighted by atomic mass is 16.5. The van der Waals surface area contributed by atoms with E-state index >= 15 is 0 Å².